The van der Waals surface area contributed by atoms with E-state index in [1.165, 1.54) is 10.4 Å². The number of thiophene rings is 1. The third kappa shape index (κ3) is 5.39. The number of ether oxygens (including phenoxy) is 1. The molecule has 2 aromatic heterocycles. The fraction of sp³-hybridized carbons (Fsp3) is 0.520. The number of aryl methyl sites for hydroxylation is 3. The number of aromatic amines is 1. The third-order valence-electron chi connectivity index (χ3n) is 6.01. The van der Waals surface area contributed by atoms with Crippen molar-refractivity contribution in [1.29, 1.82) is 0 Å². The maximum absolute atomic E-state index is 12.8. The number of H-pyrrole nitrogens is 1. The van der Waals surface area contributed by atoms with Crippen LogP contribution in [0.4, 0.5) is 0 Å². The lowest BCUT2D eigenvalue weighted by Gasteiger charge is -2.25. The van der Waals surface area contributed by atoms with Crippen molar-refractivity contribution < 1.29 is 9.84 Å². The number of aromatic nitrogens is 2. The molecular formula is C25H33N3O3S. The first kappa shape index (κ1) is 23.0. The largest absolute Gasteiger partial charge is 0.491 e. The van der Waals surface area contributed by atoms with Gasteiger partial charge >= 0.3 is 0 Å². The molecule has 1 atom stereocenters. The predicted molar refractivity (Wildman–Crippen MR) is 130 cm³/mol. The molecule has 6 nitrogen and oxygen atoms in total. The molecule has 1 aliphatic carbocycles. The van der Waals surface area contributed by atoms with E-state index in [9.17, 15) is 9.90 Å². The number of para-hydroxylation sites is 1. The van der Waals surface area contributed by atoms with Crippen LogP contribution in [-0.4, -0.2) is 45.8 Å². The van der Waals surface area contributed by atoms with Crippen molar-refractivity contribution in [3.8, 4) is 5.75 Å². The first-order valence-corrected chi connectivity index (χ1v) is 12.3. The maximum atomic E-state index is 12.8. The van der Waals surface area contributed by atoms with Crippen molar-refractivity contribution in [3.05, 3.63) is 56.4 Å². The van der Waals surface area contributed by atoms with Crippen LogP contribution < -0.4 is 10.3 Å². The first-order chi connectivity index (χ1) is 15.4. The van der Waals surface area contributed by atoms with Gasteiger partial charge in [-0.05, 0) is 62.3 Å². The van der Waals surface area contributed by atoms with E-state index in [4.69, 9.17) is 9.72 Å². The van der Waals surface area contributed by atoms with Gasteiger partial charge in [-0.1, -0.05) is 32.0 Å². The molecule has 0 radical (unpaired) electrons. The van der Waals surface area contributed by atoms with E-state index < -0.39 is 6.10 Å². The van der Waals surface area contributed by atoms with E-state index in [1.807, 2.05) is 31.2 Å². The smallest absolute Gasteiger partial charge is 0.259 e. The molecule has 0 saturated carbocycles. The SMILES string of the molecule is Cc1ccccc1OC[C@@H](O)CN(CCC(C)C)Cc1nc2sc3c(c2c(=O)[nH]1)CCC3. The van der Waals surface area contributed by atoms with E-state index >= 15 is 0 Å². The van der Waals surface area contributed by atoms with Crippen molar-refractivity contribution in [3.63, 3.8) is 0 Å². The molecule has 0 spiro atoms. The van der Waals surface area contributed by atoms with Gasteiger partial charge in [0.05, 0.1) is 11.9 Å². The highest BCUT2D eigenvalue weighted by Gasteiger charge is 2.22. The number of hydrogen-bond acceptors (Lipinski definition) is 6. The van der Waals surface area contributed by atoms with E-state index in [2.05, 4.69) is 23.7 Å². The predicted octanol–water partition coefficient (Wildman–Crippen LogP) is 4.07. The Balaban J connectivity index is 1.45. The molecule has 2 heterocycles. The lowest BCUT2D eigenvalue weighted by Crippen LogP contribution is -2.37. The summed E-state index contributed by atoms with van der Waals surface area (Å²) in [6.45, 7) is 8.38. The molecule has 0 saturated heterocycles. The van der Waals surface area contributed by atoms with Gasteiger partial charge in [0.2, 0.25) is 0 Å². The first-order valence-electron chi connectivity index (χ1n) is 11.5. The quantitative estimate of drug-likeness (QED) is 0.482. The molecule has 1 aliphatic rings. The van der Waals surface area contributed by atoms with Crippen LogP contribution in [-0.2, 0) is 19.4 Å². The number of benzene rings is 1. The summed E-state index contributed by atoms with van der Waals surface area (Å²) in [5.74, 6) is 2.01. The number of hydrogen-bond donors (Lipinski definition) is 2. The third-order valence-corrected chi connectivity index (χ3v) is 7.20. The van der Waals surface area contributed by atoms with Gasteiger partial charge in [0.25, 0.3) is 5.56 Å². The minimum Gasteiger partial charge on any atom is -0.491 e. The fourth-order valence-corrected chi connectivity index (χ4v) is 5.55. The van der Waals surface area contributed by atoms with Crippen molar-refractivity contribution >= 4 is 21.6 Å². The van der Waals surface area contributed by atoms with Crippen LogP contribution >= 0.6 is 11.3 Å². The average Bonchev–Trinajstić information content (AvgIpc) is 3.32. The van der Waals surface area contributed by atoms with Crippen LogP contribution in [0.1, 0.15) is 48.5 Å². The highest BCUT2D eigenvalue weighted by atomic mass is 32.1. The fourth-order valence-electron chi connectivity index (χ4n) is 4.26. The Morgan fingerprint density at radius 2 is 2.09 bits per heavy atom. The topological polar surface area (TPSA) is 78.5 Å². The Morgan fingerprint density at radius 3 is 2.88 bits per heavy atom. The Labute approximate surface area is 193 Å². The highest BCUT2D eigenvalue weighted by Crippen LogP contribution is 2.34. The Bertz CT molecular complexity index is 1120. The van der Waals surface area contributed by atoms with Gasteiger partial charge in [-0.25, -0.2) is 4.98 Å². The van der Waals surface area contributed by atoms with Gasteiger partial charge < -0.3 is 14.8 Å². The van der Waals surface area contributed by atoms with Gasteiger partial charge in [-0.3, -0.25) is 9.69 Å². The van der Waals surface area contributed by atoms with Crippen LogP contribution in [0.15, 0.2) is 29.1 Å². The molecule has 3 aromatic rings. The summed E-state index contributed by atoms with van der Waals surface area (Å²) < 4.78 is 5.84. The summed E-state index contributed by atoms with van der Waals surface area (Å²) in [5.41, 5.74) is 2.22. The number of fused-ring (bicyclic) bond motifs is 3. The van der Waals surface area contributed by atoms with Crippen LogP contribution in [0.2, 0.25) is 0 Å². The van der Waals surface area contributed by atoms with E-state index in [-0.39, 0.29) is 12.2 Å². The summed E-state index contributed by atoms with van der Waals surface area (Å²) in [6, 6.07) is 7.82. The van der Waals surface area contributed by atoms with Crippen LogP contribution in [0, 0.1) is 12.8 Å². The molecule has 0 aliphatic heterocycles. The minimum absolute atomic E-state index is 0.0309. The summed E-state index contributed by atoms with van der Waals surface area (Å²) in [7, 11) is 0. The number of nitrogens with zero attached hydrogens (tertiary/aromatic N) is 2. The average molecular weight is 456 g/mol. The van der Waals surface area contributed by atoms with Crippen molar-refractivity contribution in [2.24, 2.45) is 5.92 Å². The molecule has 0 bridgehead atoms. The molecule has 172 valence electrons. The van der Waals surface area contributed by atoms with Gasteiger partial charge in [-0.15, -0.1) is 11.3 Å². The standard InChI is InChI=1S/C25H33N3O3S/c1-16(2)11-12-28(13-18(29)15-31-20-9-5-4-7-17(20)3)14-22-26-24(30)23-19-8-6-10-21(19)32-25(23)27-22/h4-5,7,9,16,18,29H,6,8,10-15H2,1-3H3,(H,26,27,30)/t18-/m0/s1. The summed E-state index contributed by atoms with van der Waals surface area (Å²) in [5, 5.41) is 11.4. The van der Waals surface area contributed by atoms with Crippen LogP contribution in [0.5, 0.6) is 5.75 Å². The molecule has 1 aromatic carbocycles. The number of aliphatic hydroxyl groups is 1. The zero-order chi connectivity index (χ0) is 22.7. The molecule has 4 rings (SSSR count). The minimum atomic E-state index is -0.636. The molecule has 2 N–H and O–H groups in total. The van der Waals surface area contributed by atoms with Gasteiger partial charge in [0.15, 0.2) is 0 Å². The lowest BCUT2D eigenvalue weighted by atomic mass is 10.1. The zero-order valence-corrected chi connectivity index (χ0v) is 20.0. The van der Waals surface area contributed by atoms with Gasteiger partial charge in [0.1, 0.15) is 29.1 Å². The van der Waals surface area contributed by atoms with Crippen LogP contribution in [0.3, 0.4) is 0 Å². The van der Waals surface area contributed by atoms with E-state index in [0.717, 1.165) is 53.8 Å². The Kier molecular flexibility index (Phi) is 7.28. The molecular weight excluding hydrogens is 422 g/mol. The summed E-state index contributed by atoms with van der Waals surface area (Å²) in [4.78, 5) is 24.9. The lowest BCUT2D eigenvalue weighted by molar-refractivity contribution is 0.0628. The Morgan fingerprint density at radius 1 is 1.28 bits per heavy atom. The number of rotatable bonds is 10. The molecule has 0 unspecified atom stereocenters. The maximum Gasteiger partial charge on any atom is 0.259 e. The van der Waals surface area contributed by atoms with Crippen molar-refractivity contribution in [2.45, 2.75) is 59.1 Å². The van der Waals surface area contributed by atoms with Crippen molar-refractivity contribution in [1.82, 2.24) is 14.9 Å². The molecule has 7 heteroatoms. The highest BCUT2D eigenvalue weighted by molar-refractivity contribution is 7.18. The normalized spacial score (nSPS) is 14.4. The van der Waals surface area contributed by atoms with Gasteiger partial charge in [-0.2, -0.15) is 0 Å². The second-order valence-electron chi connectivity index (χ2n) is 9.20. The van der Waals surface area contributed by atoms with E-state index in [0.29, 0.717) is 24.8 Å². The summed E-state index contributed by atoms with van der Waals surface area (Å²) >= 11 is 1.66. The molecule has 0 fully saturated rings. The Hall–Kier alpha value is -2.22. The van der Waals surface area contributed by atoms with Crippen molar-refractivity contribution in [2.75, 3.05) is 19.7 Å². The second kappa shape index (κ2) is 10.1. The summed E-state index contributed by atoms with van der Waals surface area (Å²) in [6.07, 6.45) is 3.53. The second-order valence-corrected chi connectivity index (χ2v) is 10.3. The molecule has 32 heavy (non-hydrogen) atoms. The monoisotopic (exact) mass is 455 g/mol. The van der Waals surface area contributed by atoms with Crippen LogP contribution in [0.25, 0.3) is 10.2 Å². The van der Waals surface area contributed by atoms with E-state index in [1.54, 1.807) is 11.3 Å². The zero-order valence-electron chi connectivity index (χ0n) is 19.2. The number of aliphatic hydroxyl groups excluding tert-OH is 1. The molecule has 0 amide bonds. The number of nitrogens with one attached hydrogen (secondary N) is 1. The van der Waals surface area contributed by atoms with Gasteiger partial charge in [0, 0.05) is 11.4 Å².